The molecule has 0 aliphatic heterocycles. The average Bonchev–Trinajstić information content (AvgIpc) is 2.28. The molecule has 0 saturated carbocycles. The van der Waals surface area contributed by atoms with Crippen molar-refractivity contribution in [3.05, 3.63) is 29.6 Å². The van der Waals surface area contributed by atoms with E-state index >= 15 is 0 Å². The van der Waals surface area contributed by atoms with E-state index in [1.807, 2.05) is 0 Å². The summed E-state index contributed by atoms with van der Waals surface area (Å²) >= 11 is 0. The molecule has 0 aliphatic carbocycles. The highest BCUT2D eigenvalue weighted by atomic mass is 19.1. The van der Waals surface area contributed by atoms with E-state index in [1.165, 1.54) is 19.2 Å². The number of carbonyl (C=O) groups is 1. The van der Waals surface area contributed by atoms with Crippen molar-refractivity contribution >= 4 is 5.97 Å². The minimum Gasteiger partial charge on any atom is -0.493 e. The van der Waals surface area contributed by atoms with Gasteiger partial charge >= 0.3 is 5.97 Å². The number of hydrogen-bond acceptors (Lipinski definition) is 4. The van der Waals surface area contributed by atoms with Crippen molar-refractivity contribution < 1.29 is 18.7 Å². The average molecular weight is 241 g/mol. The molecule has 1 aromatic rings. The van der Waals surface area contributed by atoms with Crippen LogP contribution in [-0.2, 0) is 16.1 Å². The fourth-order valence-electron chi connectivity index (χ4n) is 1.36. The van der Waals surface area contributed by atoms with Crippen LogP contribution >= 0.6 is 0 Å². The predicted molar refractivity (Wildman–Crippen MR) is 61.3 cm³/mol. The number of nitrogens with one attached hydrogen (secondary N) is 1. The first kappa shape index (κ1) is 13.4. The Morgan fingerprint density at radius 2 is 2.18 bits per heavy atom. The molecule has 0 unspecified atom stereocenters. The van der Waals surface area contributed by atoms with E-state index in [0.717, 1.165) is 5.56 Å². The van der Waals surface area contributed by atoms with Gasteiger partial charge in [0, 0.05) is 12.6 Å². The normalized spacial score (nSPS) is 10.1. The second-order valence-corrected chi connectivity index (χ2v) is 3.50. The Balaban J connectivity index is 2.55. The van der Waals surface area contributed by atoms with Gasteiger partial charge in [0.2, 0.25) is 0 Å². The maximum absolute atomic E-state index is 13.2. The minimum absolute atomic E-state index is 0.147. The van der Waals surface area contributed by atoms with Crippen LogP contribution < -0.4 is 10.1 Å². The lowest BCUT2D eigenvalue weighted by atomic mass is 10.2. The molecule has 0 amide bonds. The summed E-state index contributed by atoms with van der Waals surface area (Å²) in [5.41, 5.74) is 0.792. The summed E-state index contributed by atoms with van der Waals surface area (Å²) in [6.07, 6.45) is 0.147. The number of hydrogen-bond donors (Lipinski definition) is 1. The lowest BCUT2D eigenvalue weighted by Crippen LogP contribution is -2.09. The maximum Gasteiger partial charge on any atom is 0.308 e. The lowest BCUT2D eigenvalue weighted by molar-refractivity contribution is -0.141. The zero-order valence-electron chi connectivity index (χ0n) is 9.96. The molecule has 17 heavy (non-hydrogen) atoms. The van der Waals surface area contributed by atoms with Crippen LogP contribution in [0.25, 0.3) is 0 Å². The van der Waals surface area contributed by atoms with Gasteiger partial charge in [0.15, 0.2) is 0 Å². The summed E-state index contributed by atoms with van der Waals surface area (Å²) < 4.78 is 23.0. The Morgan fingerprint density at radius 1 is 1.41 bits per heavy atom. The molecule has 1 rings (SSSR count). The maximum atomic E-state index is 13.2. The molecule has 0 saturated heterocycles. The standard InChI is InChI=1S/C12H16FNO3/c1-14-8-9-5-10(13)7-11(6-9)17-4-3-12(15)16-2/h5-7,14H,3-4,8H2,1-2H3. The molecular formula is C12H16FNO3. The van der Waals surface area contributed by atoms with Crippen molar-refractivity contribution in [1.29, 1.82) is 0 Å². The van der Waals surface area contributed by atoms with Crippen LogP contribution in [0.15, 0.2) is 18.2 Å². The van der Waals surface area contributed by atoms with Crippen LogP contribution in [-0.4, -0.2) is 26.7 Å². The number of benzene rings is 1. The number of carbonyl (C=O) groups excluding carboxylic acids is 1. The molecule has 0 bridgehead atoms. The van der Waals surface area contributed by atoms with Gasteiger partial charge in [-0.05, 0) is 24.7 Å². The molecule has 1 N–H and O–H groups in total. The minimum atomic E-state index is -0.356. The summed E-state index contributed by atoms with van der Waals surface area (Å²) in [7, 11) is 3.10. The molecular weight excluding hydrogens is 225 g/mol. The summed E-state index contributed by atoms with van der Waals surface area (Å²) in [6, 6.07) is 4.46. The third-order valence-corrected chi connectivity index (χ3v) is 2.11. The van der Waals surface area contributed by atoms with Crippen LogP contribution in [0.3, 0.4) is 0 Å². The van der Waals surface area contributed by atoms with E-state index in [0.29, 0.717) is 12.3 Å². The Bertz CT molecular complexity index is 382. The van der Waals surface area contributed by atoms with Crippen LogP contribution in [0.1, 0.15) is 12.0 Å². The third kappa shape index (κ3) is 4.82. The molecule has 0 atom stereocenters. The van der Waals surface area contributed by atoms with E-state index in [1.54, 1.807) is 13.1 Å². The van der Waals surface area contributed by atoms with Gasteiger partial charge in [0.05, 0.1) is 20.1 Å². The SMILES string of the molecule is CNCc1cc(F)cc(OCCC(=O)OC)c1. The smallest absolute Gasteiger partial charge is 0.308 e. The molecule has 4 nitrogen and oxygen atoms in total. The number of halogens is 1. The van der Waals surface area contributed by atoms with Crippen LogP contribution in [0.4, 0.5) is 4.39 Å². The Hall–Kier alpha value is -1.62. The Kier molecular flexibility index (Phi) is 5.42. The van der Waals surface area contributed by atoms with Gasteiger partial charge in [-0.1, -0.05) is 0 Å². The first-order chi connectivity index (χ1) is 8.15. The zero-order chi connectivity index (χ0) is 12.7. The van der Waals surface area contributed by atoms with Gasteiger partial charge in [-0.15, -0.1) is 0 Å². The van der Waals surface area contributed by atoms with Gasteiger partial charge in [-0.25, -0.2) is 4.39 Å². The molecule has 0 aromatic heterocycles. The Morgan fingerprint density at radius 3 is 2.82 bits per heavy atom. The Labute approximate surface area is 99.7 Å². The fraction of sp³-hybridized carbons (Fsp3) is 0.417. The topological polar surface area (TPSA) is 47.6 Å². The molecule has 0 aliphatic rings. The monoisotopic (exact) mass is 241 g/mol. The largest absolute Gasteiger partial charge is 0.493 e. The summed E-state index contributed by atoms with van der Waals surface area (Å²) in [5, 5.41) is 2.93. The molecule has 0 fully saturated rings. The van der Waals surface area contributed by atoms with Crippen molar-refractivity contribution in [3.63, 3.8) is 0 Å². The van der Waals surface area contributed by atoms with Gasteiger partial charge in [0.25, 0.3) is 0 Å². The first-order valence-electron chi connectivity index (χ1n) is 5.29. The van der Waals surface area contributed by atoms with Crippen molar-refractivity contribution in [3.8, 4) is 5.75 Å². The fourth-order valence-corrected chi connectivity index (χ4v) is 1.36. The van der Waals surface area contributed by atoms with Crippen LogP contribution in [0, 0.1) is 5.82 Å². The van der Waals surface area contributed by atoms with Crippen molar-refractivity contribution in [2.24, 2.45) is 0 Å². The molecule has 0 radical (unpaired) electrons. The molecule has 0 heterocycles. The molecule has 1 aromatic carbocycles. The predicted octanol–water partition coefficient (Wildman–Crippen LogP) is 1.49. The summed E-state index contributed by atoms with van der Waals surface area (Å²) in [5.74, 6) is -0.290. The van der Waals surface area contributed by atoms with Crippen molar-refractivity contribution in [1.82, 2.24) is 5.32 Å². The summed E-state index contributed by atoms with van der Waals surface area (Å²) in [6.45, 7) is 0.736. The highest BCUT2D eigenvalue weighted by Crippen LogP contribution is 2.16. The second-order valence-electron chi connectivity index (χ2n) is 3.50. The van der Waals surface area contributed by atoms with E-state index in [4.69, 9.17) is 4.74 Å². The highest BCUT2D eigenvalue weighted by molar-refractivity contribution is 5.69. The highest BCUT2D eigenvalue weighted by Gasteiger charge is 2.04. The van der Waals surface area contributed by atoms with Crippen LogP contribution in [0.2, 0.25) is 0 Å². The number of methoxy groups -OCH3 is 1. The van der Waals surface area contributed by atoms with Gasteiger partial charge in [-0.3, -0.25) is 4.79 Å². The van der Waals surface area contributed by atoms with Crippen molar-refractivity contribution in [2.75, 3.05) is 20.8 Å². The van der Waals surface area contributed by atoms with Gasteiger partial charge in [-0.2, -0.15) is 0 Å². The first-order valence-corrected chi connectivity index (χ1v) is 5.29. The number of esters is 1. The van der Waals surface area contributed by atoms with Gasteiger partial charge in [0.1, 0.15) is 11.6 Å². The van der Waals surface area contributed by atoms with E-state index in [9.17, 15) is 9.18 Å². The number of rotatable bonds is 6. The third-order valence-electron chi connectivity index (χ3n) is 2.11. The van der Waals surface area contributed by atoms with E-state index in [2.05, 4.69) is 10.1 Å². The molecule has 0 spiro atoms. The quantitative estimate of drug-likeness (QED) is 0.766. The van der Waals surface area contributed by atoms with E-state index < -0.39 is 0 Å². The lowest BCUT2D eigenvalue weighted by Gasteiger charge is -2.08. The van der Waals surface area contributed by atoms with Crippen molar-refractivity contribution in [2.45, 2.75) is 13.0 Å². The van der Waals surface area contributed by atoms with E-state index in [-0.39, 0.29) is 24.8 Å². The van der Waals surface area contributed by atoms with Gasteiger partial charge < -0.3 is 14.8 Å². The molecule has 5 heteroatoms. The zero-order valence-corrected chi connectivity index (χ0v) is 9.96. The summed E-state index contributed by atoms with van der Waals surface area (Å²) in [4.78, 5) is 10.9. The van der Waals surface area contributed by atoms with Crippen LogP contribution in [0.5, 0.6) is 5.75 Å². The molecule has 94 valence electrons. The second kappa shape index (κ2) is 6.85. The number of ether oxygens (including phenoxy) is 2.